The van der Waals surface area contributed by atoms with E-state index in [1.165, 1.54) is 0 Å². The van der Waals surface area contributed by atoms with Crippen LogP contribution in [0.1, 0.15) is 39.5 Å². The van der Waals surface area contributed by atoms with Crippen LogP contribution >= 0.6 is 11.6 Å². The third-order valence-electron chi connectivity index (χ3n) is 4.69. The number of carbonyl (C=O) groups is 2. The number of piperidine rings is 1. The molecule has 8 heteroatoms. The first-order valence-corrected chi connectivity index (χ1v) is 9.77. The van der Waals surface area contributed by atoms with Crippen molar-refractivity contribution < 1.29 is 14.1 Å². The molecular formula is C20H25ClN4O3. The number of nitrogens with zero attached hydrogens (tertiary/aromatic N) is 3. The summed E-state index contributed by atoms with van der Waals surface area (Å²) in [5.41, 5.74) is 0.302. The second-order valence-electron chi connectivity index (χ2n) is 8.08. The van der Waals surface area contributed by atoms with Crippen LogP contribution in [0.25, 0.3) is 11.4 Å². The highest BCUT2D eigenvalue weighted by Crippen LogP contribution is 2.24. The Labute approximate surface area is 169 Å². The lowest BCUT2D eigenvalue weighted by Gasteiger charge is -2.35. The Morgan fingerprint density at radius 3 is 2.86 bits per heavy atom. The van der Waals surface area contributed by atoms with E-state index in [0.29, 0.717) is 29.8 Å². The Morgan fingerprint density at radius 2 is 2.14 bits per heavy atom. The Hall–Kier alpha value is -2.41. The van der Waals surface area contributed by atoms with Crippen LogP contribution in [0.4, 0.5) is 0 Å². The largest absolute Gasteiger partial charge is 0.347 e. The second kappa shape index (κ2) is 8.31. The highest BCUT2D eigenvalue weighted by Gasteiger charge is 2.33. The molecule has 0 radical (unpaired) electrons. The summed E-state index contributed by atoms with van der Waals surface area (Å²) >= 11 is 5.98. The zero-order valence-electron chi connectivity index (χ0n) is 16.4. The zero-order chi connectivity index (χ0) is 20.3. The van der Waals surface area contributed by atoms with E-state index in [2.05, 4.69) is 15.5 Å². The predicted octanol–water partition coefficient (Wildman–Crippen LogP) is 3.29. The van der Waals surface area contributed by atoms with Crippen molar-refractivity contribution >= 4 is 23.4 Å². The number of halogens is 1. The van der Waals surface area contributed by atoms with Crippen molar-refractivity contribution in [1.29, 1.82) is 0 Å². The average Bonchev–Trinajstić information content (AvgIpc) is 3.14. The number of aromatic nitrogens is 2. The fourth-order valence-electron chi connectivity index (χ4n) is 3.23. The Kier molecular flexibility index (Phi) is 6.03. The zero-order valence-corrected chi connectivity index (χ0v) is 17.1. The molecule has 1 aliphatic rings. The quantitative estimate of drug-likeness (QED) is 0.844. The smallest absolute Gasteiger partial charge is 0.246 e. The fourth-order valence-corrected chi connectivity index (χ4v) is 3.42. The lowest BCUT2D eigenvalue weighted by molar-refractivity contribution is -0.142. The molecule has 1 N–H and O–H groups in total. The number of hydrogen-bond donors (Lipinski definition) is 1. The Bertz CT molecular complexity index is 859. The van der Waals surface area contributed by atoms with Gasteiger partial charge < -0.3 is 14.7 Å². The predicted molar refractivity (Wildman–Crippen MR) is 105 cm³/mol. The van der Waals surface area contributed by atoms with Crippen LogP contribution in [-0.4, -0.2) is 39.9 Å². The Morgan fingerprint density at radius 1 is 1.36 bits per heavy atom. The maximum absolute atomic E-state index is 12.6. The first-order chi connectivity index (χ1) is 13.2. The molecule has 1 aliphatic heterocycles. The molecule has 7 nitrogen and oxygen atoms in total. The number of rotatable bonds is 4. The van der Waals surface area contributed by atoms with Crippen LogP contribution in [0.15, 0.2) is 28.8 Å². The number of hydrogen-bond acceptors (Lipinski definition) is 5. The van der Waals surface area contributed by atoms with Crippen molar-refractivity contribution in [3.8, 4) is 11.4 Å². The van der Waals surface area contributed by atoms with Gasteiger partial charge in [-0.1, -0.05) is 49.7 Å². The van der Waals surface area contributed by atoms with E-state index in [-0.39, 0.29) is 24.3 Å². The molecule has 1 saturated heterocycles. The summed E-state index contributed by atoms with van der Waals surface area (Å²) < 4.78 is 5.22. The Balaban J connectivity index is 1.56. The maximum atomic E-state index is 12.6. The topological polar surface area (TPSA) is 88.3 Å². The van der Waals surface area contributed by atoms with Crippen molar-refractivity contribution in [1.82, 2.24) is 20.4 Å². The van der Waals surface area contributed by atoms with Gasteiger partial charge in [0.25, 0.3) is 0 Å². The number of benzene rings is 1. The number of carbonyl (C=O) groups excluding carboxylic acids is 2. The van der Waals surface area contributed by atoms with Gasteiger partial charge in [0.1, 0.15) is 0 Å². The van der Waals surface area contributed by atoms with E-state index in [4.69, 9.17) is 16.1 Å². The van der Waals surface area contributed by atoms with Gasteiger partial charge in [-0.2, -0.15) is 4.98 Å². The fraction of sp³-hybridized carbons (Fsp3) is 0.500. The van der Waals surface area contributed by atoms with Gasteiger partial charge in [-0.15, -0.1) is 0 Å². The summed E-state index contributed by atoms with van der Waals surface area (Å²) in [6.45, 7) is 6.98. The monoisotopic (exact) mass is 404 g/mol. The van der Waals surface area contributed by atoms with Gasteiger partial charge in [0, 0.05) is 29.1 Å². The van der Waals surface area contributed by atoms with Crippen LogP contribution in [0.2, 0.25) is 5.02 Å². The second-order valence-corrected chi connectivity index (χ2v) is 8.52. The molecule has 1 unspecified atom stereocenters. The van der Waals surface area contributed by atoms with E-state index in [9.17, 15) is 9.59 Å². The highest BCUT2D eigenvalue weighted by molar-refractivity contribution is 6.30. The minimum Gasteiger partial charge on any atom is -0.347 e. The minimum absolute atomic E-state index is 0.0769. The van der Waals surface area contributed by atoms with Crippen LogP contribution in [0.3, 0.4) is 0 Å². The number of amides is 2. The van der Waals surface area contributed by atoms with Gasteiger partial charge in [-0.3, -0.25) is 9.59 Å². The summed E-state index contributed by atoms with van der Waals surface area (Å²) in [5.74, 6) is 0.491. The van der Waals surface area contributed by atoms with Crippen LogP contribution in [0, 0.1) is 11.3 Å². The summed E-state index contributed by atoms with van der Waals surface area (Å²) in [4.78, 5) is 31.1. The van der Waals surface area contributed by atoms with Gasteiger partial charge in [-0.25, -0.2) is 0 Å². The van der Waals surface area contributed by atoms with Crippen LogP contribution in [0.5, 0.6) is 0 Å². The van der Waals surface area contributed by atoms with Gasteiger partial charge in [0.05, 0.1) is 12.5 Å². The molecule has 0 saturated carbocycles. The molecule has 2 heterocycles. The lowest BCUT2D eigenvalue weighted by Crippen LogP contribution is -2.48. The summed E-state index contributed by atoms with van der Waals surface area (Å²) in [6.07, 6.45) is 1.58. The SMILES string of the molecule is CC(C)(C)C(=O)N1CCCC(C(=O)NCc2nc(-c3cccc(Cl)c3)no2)C1. The van der Waals surface area contributed by atoms with E-state index in [1.807, 2.05) is 32.9 Å². The van der Waals surface area contributed by atoms with Gasteiger partial charge in [0.15, 0.2) is 0 Å². The molecule has 3 rings (SSSR count). The third kappa shape index (κ3) is 4.90. The van der Waals surface area contributed by atoms with Gasteiger partial charge in [-0.05, 0) is 25.0 Å². The standard InChI is InChI=1S/C20H25ClN4O3/c1-20(2,3)19(27)25-9-5-7-14(12-25)18(26)22-11-16-23-17(24-28-16)13-6-4-8-15(21)10-13/h4,6,8,10,14H,5,7,9,11-12H2,1-3H3,(H,22,26). The molecule has 2 aromatic rings. The number of nitrogens with one attached hydrogen (secondary N) is 1. The van der Waals surface area contributed by atoms with E-state index in [0.717, 1.165) is 18.4 Å². The molecule has 150 valence electrons. The van der Waals surface area contributed by atoms with Crippen molar-refractivity contribution in [2.75, 3.05) is 13.1 Å². The molecule has 1 aromatic heterocycles. The van der Waals surface area contributed by atoms with E-state index < -0.39 is 5.41 Å². The molecule has 0 aliphatic carbocycles. The van der Waals surface area contributed by atoms with Crippen LogP contribution < -0.4 is 5.32 Å². The molecular weight excluding hydrogens is 380 g/mol. The molecule has 1 atom stereocenters. The van der Waals surface area contributed by atoms with Crippen molar-refractivity contribution in [2.24, 2.45) is 11.3 Å². The highest BCUT2D eigenvalue weighted by atomic mass is 35.5. The lowest BCUT2D eigenvalue weighted by atomic mass is 9.91. The summed E-state index contributed by atoms with van der Waals surface area (Å²) in [6, 6.07) is 7.16. The molecule has 0 bridgehead atoms. The molecule has 28 heavy (non-hydrogen) atoms. The normalized spacial score (nSPS) is 17.4. The van der Waals surface area contributed by atoms with E-state index >= 15 is 0 Å². The van der Waals surface area contributed by atoms with Gasteiger partial charge in [0.2, 0.25) is 23.5 Å². The van der Waals surface area contributed by atoms with Crippen LogP contribution in [-0.2, 0) is 16.1 Å². The average molecular weight is 405 g/mol. The first kappa shape index (κ1) is 20.3. The number of likely N-dealkylation sites (tertiary alicyclic amines) is 1. The molecule has 0 spiro atoms. The molecule has 2 amide bonds. The summed E-state index contributed by atoms with van der Waals surface area (Å²) in [5, 5.41) is 7.36. The van der Waals surface area contributed by atoms with E-state index in [1.54, 1.807) is 17.0 Å². The maximum Gasteiger partial charge on any atom is 0.246 e. The molecule has 1 fully saturated rings. The van der Waals surface area contributed by atoms with Crippen molar-refractivity contribution in [3.05, 3.63) is 35.2 Å². The first-order valence-electron chi connectivity index (χ1n) is 9.39. The summed E-state index contributed by atoms with van der Waals surface area (Å²) in [7, 11) is 0. The van der Waals surface area contributed by atoms with Gasteiger partial charge >= 0.3 is 0 Å². The third-order valence-corrected chi connectivity index (χ3v) is 4.92. The minimum atomic E-state index is -0.446. The van der Waals surface area contributed by atoms with Crippen molar-refractivity contribution in [2.45, 2.75) is 40.2 Å². The van der Waals surface area contributed by atoms with Crippen molar-refractivity contribution in [3.63, 3.8) is 0 Å². The molecule has 1 aromatic carbocycles.